The maximum absolute atomic E-state index is 11.4. The van der Waals surface area contributed by atoms with Crippen LogP contribution in [-0.2, 0) is 4.74 Å². The van der Waals surface area contributed by atoms with E-state index < -0.39 is 6.09 Å². The van der Waals surface area contributed by atoms with E-state index in [9.17, 15) is 4.79 Å². The number of carbonyl (C=O) groups excluding carboxylic acids is 1. The van der Waals surface area contributed by atoms with Gasteiger partial charge < -0.3 is 4.74 Å². The lowest BCUT2D eigenvalue weighted by Crippen LogP contribution is -2.19. The van der Waals surface area contributed by atoms with Crippen molar-refractivity contribution in [1.29, 1.82) is 0 Å². The fourth-order valence-corrected chi connectivity index (χ4v) is 1.08. The maximum Gasteiger partial charge on any atom is 0.411 e. The van der Waals surface area contributed by atoms with Crippen molar-refractivity contribution in [2.24, 2.45) is 11.8 Å². The molecule has 0 heterocycles. The number of hydrogen-bond acceptors (Lipinski definition) is 2. The van der Waals surface area contributed by atoms with Gasteiger partial charge in [-0.3, -0.25) is 5.32 Å². The highest BCUT2D eigenvalue weighted by Gasteiger charge is 2.10. The first-order valence-corrected chi connectivity index (χ1v) is 5.58. The Hall–Kier alpha value is -1.51. The van der Waals surface area contributed by atoms with Gasteiger partial charge in [-0.05, 0) is 24.0 Å². The van der Waals surface area contributed by atoms with Crippen molar-refractivity contribution in [3.8, 4) is 0 Å². The van der Waals surface area contributed by atoms with Crippen LogP contribution in [0.5, 0.6) is 0 Å². The van der Waals surface area contributed by atoms with Crippen LogP contribution in [-0.4, -0.2) is 12.7 Å². The number of ether oxygens (including phenoxy) is 1. The minimum Gasteiger partial charge on any atom is -0.449 e. The van der Waals surface area contributed by atoms with E-state index in [-0.39, 0.29) is 0 Å². The van der Waals surface area contributed by atoms with E-state index in [1.165, 1.54) is 0 Å². The van der Waals surface area contributed by atoms with Crippen molar-refractivity contribution < 1.29 is 9.53 Å². The molecule has 0 fully saturated rings. The van der Waals surface area contributed by atoms with E-state index in [2.05, 4.69) is 26.1 Å². The molecule has 1 aromatic rings. The molecule has 1 N–H and O–H groups in total. The maximum atomic E-state index is 11.4. The van der Waals surface area contributed by atoms with Crippen LogP contribution in [0.15, 0.2) is 30.3 Å². The summed E-state index contributed by atoms with van der Waals surface area (Å²) < 4.78 is 5.12. The Labute approximate surface area is 96.8 Å². The van der Waals surface area contributed by atoms with Gasteiger partial charge in [-0.25, -0.2) is 4.79 Å². The molecule has 0 bridgehead atoms. The van der Waals surface area contributed by atoms with Gasteiger partial charge in [-0.2, -0.15) is 0 Å². The second kappa shape index (κ2) is 6.16. The summed E-state index contributed by atoms with van der Waals surface area (Å²) in [6.45, 7) is 6.75. The highest BCUT2D eigenvalue weighted by Crippen LogP contribution is 2.10. The number of para-hydroxylation sites is 1. The van der Waals surface area contributed by atoms with E-state index >= 15 is 0 Å². The van der Waals surface area contributed by atoms with Crippen LogP contribution in [0.25, 0.3) is 0 Å². The van der Waals surface area contributed by atoms with Crippen molar-refractivity contribution in [3.05, 3.63) is 30.3 Å². The first-order valence-electron chi connectivity index (χ1n) is 5.58. The van der Waals surface area contributed by atoms with Crippen molar-refractivity contribution >= 4 is 11.8 Å². The van der Waals surface area contributed by atoms with Crippen molar-refractivity contribution in [2.45, 2.75) is 20.8 Å². The van der Waals surface area contributed by atoms with Crippen molar-refractivity contribution in [3.63, 3.8) is 0 Å². The molecule has 0 aromatic heterocycles. The summed E-state index contributed by atoms with van der Waals surface area (Å²) in [5, 5.41) is 2.68. The molecule has 1 rings (SSSR count). The Morgan fingerprint density at radius 1 is 1.25 bits per heavy atom. The van der Waals surface area contributed by atoms with Crippen molar-refractivity contribution in [2.75, 3.05) is 11.9 Å². The zero-order valence-corrected chi connectivity index (χ0v) is 10.1. The SMILES string of the molecule is CC(C)[C@@H](C)COC(=O)Nc1ccccc1. The van der Waals surface area contributed by atoms with Gasteiger partial charge in [-0.1, -0.05) is 39.0 Å². The molecule has 0 spiro atoms. The average Bonchev–Trinajstić information content (AvgIpc) is 2.27. The summed E-state index contributed by atoms with van der Waals surface area (Å²) in [4.78, 5) is 11.4. The fraction of sp³-hybridized carbons (Fsp3) is 0.462. The number of benzene rings is 1. The van der Waals surface area contributed by atoms with Gasteiger partial charge in [0.2, 0.25) is 0 Å². The topological polar surface area (TPSA) is 38.3 Å². The Balaban J connectivity index is 2.32. The number of carbonyl (C=O) groups is 1. The molecule has 0 aliphatic heterocycles. The molecular formula is C13H19NO2. The fourth-order valence-electron chi connectivity index (χ4n) is 1.08. The largest absolute Gasteiger partial charge is 0.449 e. The molecule has 3 heteroatoms. The minimum atomic E-state index is -0.390. The number of anilines is 1. The Kier molecular flexibility index (Phi) is 4.83. The molecule has 0 aliphatic rings. The van der Waals surface area contributed by atoms with Crippen LogP contribution < -0.4 is 5.32 Å². The molecule has 1 amide bonds. The monoisotopic (exact) mass is 221 g/mol. The average molecular weight is 221 g/mol. The van der Waals surface area contributed by atoms with Crippen LogP contribution in [0, 0.1) is 11.8 Å². The van der Waals surface area contributed by atoms with E-state index in [1.54, 1.807) is 0 Å². The summed E-state index contributed by atoms with van der Waals surface area (Å²) in [6, 6.07) is 9.29. The second-order valence-electron chi connectivity index (χ2n) is 4.31. The lowest BCUT2D eigenvalue weighted by Gasteiger charge is -2.15. The number of hydrogen-bond donors (Lipinski definition) is 1. The van der Waals surface area contributed by atoms with Crippen LogP contribution in [0.2, 0.25) is 0 Å². The predicted molar refractivity (Wildman–Crippen MR) is 65.4 cm³/mol. The van der Waals surface area contributed by atoms with Gasteiger partial charge >= 0.3 is 6.09 Å². The van der Waals surface area contributed by atoms with E-state index in [1.807, 2.05) is 30.3 Å². The third kappa shape index (κ3) is 4.34. The lowest BCUT2D eigenvalue weighted by molar-refractivity contribution is 0.133. The summed E-state index contributed by atoms with van der Waals surface area (Å²) in [7, 11) is 0. The standard InChI is InChI=1S/C13H19NO2/c1-10(2)11(3)9-16-13(15)14-12-7-5-4-6-8-12/h4-8,10-11H,9H2,1-3H3,(H,14,15)/t11-/m0/s1. The predicted octanol–water partition coefficient (Wildman–Crippen LogP) is 3.53. The molecule has 1 atom stereocenters. The van der Waals surface area contributed by atoms with Crippen LogP contribution in [0.3, 0.4) is 0 Å². The lowest BCUT2D eigenvalue weighted by atomic mass is 10.00. The molecule has 0 saturated heterocycles. The molecular weight excluding hydrogens is 202 g/mol. The van der Waals surface area contributed by atoms with E-state index in [0.29, 0.717) is 18.4 Å². The van der Waals surface area contributed by atoms with E-state index in [4.69, 9.17) is 4.74 Å². The second-order valence-corrected chi connectivity index (χ2v) is 4.31. The Morgan fingerprint density at radius 2 is 1.88 bits per heavy atom. The summed E-state index contributed by atoms with van der Waals surface area (Å²) >= 11 is 0. The summed E-state index contributed by atoms with van der Waals surface area (Å²) in [5.41, 5.74) is 0.754. The first kappa shape index (κ1) is 12.6. The molecule has 0 aliphatic carbocycles. The van der Waals surface area contributed by atoms with Gasteiger partial charge in [-0.15, -0.1) is 0 Å². The number of amides is 1. The molecule has 0 unspecified atom stereocenters. The third-order valence-electron chi connectivity index (χ3n) is 2.64. The summed E-state index contributed by atoms with van der Waals surface area (Å²) in [5.74, 6) is 0.894. The molecule has 3 nitrogen and oxygen atoms in total. The van der Waals surface area contributed by atoms with E-state index in [0.717, 1.165) is 5.69 Å². The Bertz CT molecular complexity index is 322. The third-order valence-corrected chi connectivity index (χ3v) is 2.64. The number of nitrogens with one attached hydrogen (secondary N) is 1. The smallest absolute Gasteiger partial charge is 0.411 e. The first-order chi connectivity index (χ1) is 7.59. The molecule has 1 aromatic carbocycles. The van der Waals surface area contributed by atoms with Gasteiger partial charge in [0.05, 0.1) is 6.61 Å². The highest BCUT2D eigenvalue weighted by molar-refractivity contribution is 5.84. The Morgan fingerprint density at radius 3 is 2.44 bits per heavy atom. The highest BCUT2D eigenvalue weighted by atomic mass is 16.5. The molecule has 16 heavy (non-hydrogen) atoms. The number of rotatable bonds is 4. The summed E-state index contributed by atoms with van der Waals surface area (Å²) in [6.07, 6.45) is -0.390. The zero-order valence-electron chi connectivity index (χ0n) is 10.1. The molecule has 0 saturated carbocycles. The van der Waals surface area contributed by atoms with Crippen LogP contribution in [0.4, 0.5) is 10.5 Å². The van der Waals surface area contributed by atoms with Crippen molar-refractivity contribution in [1.82, 2.24) is 0 Å². The quantitative estimate of drug-likeness (QED) is 0.844. The zero-order chi connectivity index (χ0) is 12.0. The van der Waals surface area contributed by atoms with Gasteiger partial charge in [0.15, 0.2) is 0 Å². The van der Waals surface area contributed by atoms with Gasteiger partial charge in [0.25, 0.3) is 0 Å². The molecule has 88 valence electrons. The minimum absolute atomic E-state index is 0.376. The molecule has 0 radical (unpaired) electrons. The van der Waals surface area contributed by atoms with Gasteiger partial charge in [0, 0.05) is 5.69 Å². The normalized spacial score (nSPS) is 12.2. The van der Waals surface area contributed by atoms with Crippen LogP contribution >= 0.6 is 0 Å². The van der Waals surface area contributed by atoms with Crippen LogP contribution in [0.1, 0.15) is 20.8 Å². The van der Waals surface area contributed by atoms with Gasteiger partial charge in [0.1, 0.15) is 0 Å².